The minimum atomic E-state index is -3.35. The summed E-state index contributed by atoms with van der Waals surface area (Å²) in [6.07, 6.45) is 4.94. The lowest BCUT2D eigenvalue weighted by molar-refractivity contribution is 0.366. The van der Waals surface area contributed by atoms with Gasteiger partial charge in [-0.15, -0.1) is 11.3 Å². The van der Waals surface area contributed by atoms with Gasteiger partial charge in [-0.1, -0.05) is 6.42 Å². The lowest BCUT2D eigenvalue weighted by atomic mass is 9.84. The van der Waals surface area contributed by atoms with Crippen molar-refractivity contribution >= 4 is 38.4 Å². The zero-order valence-electron chi connectivity index (χ0n) is 13.7. The van der Waals surface area contributed by atoms with Crippen molar-refractivity contribution < 1.29 is 8.42 Å². The molecule has 1 fully saturated rings. The van der Waals surface area contributed by atoms with Crippen LogP contribution in [0.1, 0.15) is 37.3 Å². The SMILES string of the molecule is CN=C(NC1CCCC(c2csc(N=C(N)N)n2)C1)NS(C)(=O)=O. The van der Waals surface area contributed by atoms with Crippen LogP contribution in [0.3, 0.4) is 0 Å². The summed E-state index contributed by atoms with van der Waals surface area (Å²) in [4.78, 5) is 12.4. The van der Waals surface area contributed by atoms with E-state index >= 15 is 0 Å². The third-order valence-electron chi connectivity index (χ3n) is 3.67. The molecule has 2 atom stereocenters. The fraction of sp³-hybridized carbons (Fsp3) is 0.615. The molecule has 1 aromatic rings. The van der Waals surface area contributed by atoms with Gasteiger partial charge in [0.1, 0.15) is 0 Å². The van der Waals surface area contributed by atoms with Crippen LogP contribution in [0.5, 0.6) is 0 Å². The summed E-state index contributed by atoms with van der Waals surface area (Å²) in [5.41, 5.74) is 11.7. The van der Waals surface area contributed by atoms with Crippen molar-refractivity contribution in [2.75, 3.05) is 13.3 Å². The van der Waals surface area contributed by atoms with Gasteiger partial charge >= 0.3 is 0 Å². The van der Waals surface area contributed by atoms with Crippen molar-refractivity contribution in [2.24, 2.45) is 21.5 Å². The molecule has 0 aromatic carbocycles. The molecule has 0 saturated heterocycles. The van der Waals surface area contributed by atoms with Crippen LogP contribution in [0.15, 0.2) is 15.4 Å². The number of aliphatic imine (C=N–C) groups is 2. The Bertz CT molecular complexity index is 722. The highest BCUT2D eigenvalue weighted by molar-refractivity contribution is 7.89. The number of guanidine groups is 2. The molecular weight excluding hydrogens is 350 g/mol. The van der Waals surface area contributed by atoms with Gasteiger partial charge in [-0.3, -0.25) is 9.71 Å². The van der Waals surface area contributed by atoms with Crippen LogP contribution in [-0.2, 0) is 10.0 Å². The average Bonchev–Trinajstić information content (AvgIpc) is 2.93. The standard InChI is InChI=1S/C13H23N7O2S2/c1-16-12(20-24(2,21)22)17-9-5-3-4-8(6-9)10-7-23-13(18-10)19-11(14)15/h7-9H,3-6H2,1-2H3,(H2,16,17,20)(H4,14,15,18,19). The summed E-state index contributed by atoms with van der Waals surface area (Å²) in [6, 6.07) is 0.130. The van der Waals surface area contributed by atoms with E-state index in [2.05, 4.69) is 25.0 Å². The first kappa shape index (κ1) is 18.5. The number of thiazole rings is 1. The molecule has 11 heteroatoms. The second-order valence-corrected chi connectivity index (χ2v) is 8.33. The van der Waals surface area contributed by atoms with Gasteiger partial charge in [0.05, 0.1) is 11.9 Å². The Balaban J connectivity index is 2.01. The number of rotatable bonds is 4. The minimum Gasteiger partial charge on any atom is -0.370 e. The molecule has 0 spiro atoms. The van der Waals surface area contributed by atoms with Crippen molar-refractivity contribution in [3.05, 3.63) is 11.1 Å². The number of nitrogens with two attached hydrogens (primary N) is 2. The van der Waals surface area contributed by atoms with Crippen molar-refractivity contribution in [3.8, 4) is 0 Å². The van der Waals surface area contributed by atoms with Crippen molar-refractivity contribution in [1.29, 1.82) is 0 Å². The smallest absolute Gasteiger partial charge is 0.232 e. The maximum absolute atomic E-state index is 11.3. The van der Waals surface area contributed by atoms with Gasteiger partial charge < -0.3 is 16.8 Å². The second-order valence-electron chi connectivity index (χ2n) is 5.74. The van der Waals surface area contributed by atoms with E-state index in [4.69, 9.17) is 11.5 Å². The van der Waals surface area contributed by atoms with Crippen LogP contribution < -0.4 is 21.5 Å². The van der Waals surface area contributed by atoms with Gasteiger partial charge in [-0.25, -0.2) is 13.4 Å². The zero-order valence-corrected chi connectivity index (χ0v) is 15.3. The van der Waals surface area contributed by atoms with E-state index in [0.717, 1.165) is 37.6 Å². The Morgan fingerprint density at radius 2 is 2.17 bits per heavy atom. The summed E-state index contributed by atoms with van der Waals surface area (Å²) in [5, 5.41) is 5.69. The normalized spacial score (nSPS) is 22.0. The first-order chi connectivity index (χ1) is 11.3. The third kappa shape index (κ3) is 5.64. The van der Waals surface area contributed by atoms with Gasteiger partial charge in [0.15, 0.2) is 5.96 Å². The Hall–Kier alpha value is -1.88. The minimum absolute atomic E-state index is 0.00487. The van der Waals surface area contributed by atoms with Crippen LogP contribution in [-0.4, -0.2) is 44.7 Å². The van der Waals surface area contributed by atoms with Gasteiger partial charge in [0.2, 0.25) is 21.1 Å². The largest absolute Gasteiger partial charge is 0.370 e. The summed E-state index contributed by atoms with van der Waals surface area (Å²) in [7, 11) is -1.81. The van der Waals surface area contributed by atoms with Crippen LogP contribution in [0.25, 0.3) is 0 Å². The van der Waals surface area contributed by atoms with E-state index in [1.807, 2.05) is 5.38 Å². The molecule has 134 valence electrons. The molecule has 1 aliphatic rings. The highest BCUT2D eigenvalue weighted by Gasteiger charge is 2.26. The maximum atomic E-state index is 11.3. The Morgan fingerprint density at radius 3 is 2.79 bits per heavy atom. The van der Waals surface area contributed by atoms with E-state index in [0.29, 0.717) is 5.13 Å². The second kappa shape index (κ2) is 7.79. The summed E-state index contributed by atoms with van der Waals surface area (Å²) in [5.74, 6) is 0.546. The Morgan fingerprint density at radius 1 is 1.42 bits per heavy atom. The van der Waals surface area contributed by atoms with Gasteiger partial charge in [-0.05, 0) is 19.3 Å². The molecule has 9 nitrogen and oxygen atoms in total. The first-order valence-electron chi connectivity index (χ1n) is 7.53. The Labute approximate surface area is 145 Å². The van der Waals surface area contributed by atoms with Crippen molar-refractivity contribution in [1.82, 2.24) is 15.0 Å². The number of hydrogen-bond donors (Lipinski definition) is 4. The summed E-state index contributed by atoms with van der Waals surface area (Å²) >= 11 is 1.40. The molecule has 2 unspecified atom stereocenters. The van der Waals surface area contributed by atoms with Crippen molar-refractivity contribution in [2.45, 2.75) is 37.6 Å². The number of sulfonamides is 1. The molecule has 1 heterocycles. The quantitative estimate of drug-likeness (QED) is 0.438. The Kier molecular flexibility index (Phi) is 5.99. The highest BCUT2D eigenvalue weighted by atomic mass is 32.2. The van der Waals surface area contributed by atoms with Crippen LogP contribution in [0.2, 0.25) is 0 Å². The molecule has 6 N–H and O–H groups in total. The van der Waals surface area contributed by atoms with E-state index in [-0.39, 0.29) is 23.9 Å². The van der Waals surface area contributed by atoms with Gasteiger partial charge in [-0.2, -0.15) is 4.99 Å². The molecular formula is C13H23N7O2S2. The molecule has 0 radical (unpaired) electrons. The molecule has 1 aliphatic carbocycles. The summed E-state index contributed by atoms with van der Waals surface area (Å²) in [6.45, 7) is 0. The molecule has 0 aliphatic heterocycles. The van der Waals surface area contributed by atoms with Crippen LogP contribution in [0.4, 0.5) is 5.13 Å². The van der Waals surface area contributed by atoms with Crippen LogP contribution >= 0.6 is 11.3 Å². The number of nitrogens with one attached hydrogen (secondary N) is 2. The molecule has 2 rings (SSSR count). The predicted octanol–water partition coefficient (Wildman–Crippen LogP) is 0.199. The molecule has 24 heavy (non-hydrogen) atoms. The lowest BCUT2D eigenvalue weighted by Crippen LogP contribution is -2.46. The highest BCUT2D eigenvalue weighted by Crippen LogP contribution is 2.34. The molecule has 1 saturated carbocycles. The predicted molar refractivity (Wildman–Crippen MR) is 97.1 cm³/mol. The number of aromatic nitrogens is 1. The van der Waals surface area contributed by atoms with E-state index in [1.165, 1.54) is 11.3 Å². The third-order valence-corrected chi connectivity index (χ3v) is 4.99. The van der Waals surface area contributed by atoms with Crippen LogP contribution in [0, 0.1) is 0 Å². The number of hydrogen-bond acceptors (Lipinski definition) is 6. The topological polar surface area (TPSA) is 148 Å². The first-order valence-corrected chi connectivity index (χ1v) is 10.3. The van der Waals surface area contributed by atoms with E-state index < -0.39 is 10.0 Å². The van der Waals surface area contributed by atoms with Gasteiger partial charge in [0.25, 0.3) is 0 Å². The molecule has 0 amide bonds. The fourth-order valence-corrected chi connectivity index (χ4v) is 4.01. The summed E-state index contributed by atoms with van der Waals surface area (Å²) < 4.78 is 25.1. The van der Waals surface area contributed by atoms with E-state index in [1.54, 1.807) is 7.05 Å². The van der Waals surface area contributed by atoms with E-state index in [9.17, 15) is 8.42 Å². The fourth-order valence-electron chi connectivity index (χ4n) is 2.72. The monoisotopic (exact) mass is 373 g/mol. The lowest BCUT2D eigenvalue weighted by Gasteiger charge is -2.29. The maximum Gasteiger partial charge on any atom is 0.232 e. The van der Waals surface area contributed by atoms with Gasteiger partial charge in [0, 0.05) is 24.4 Å². The average molecular weight is 374 g/mol. The molecule has 1 aromatic heterocycles. The zero-order chi connectivity index (χ0) is 17.7. The van der Waals surface area contributed by atoms with Crippen molar-refractivity contribution in [3.63, 3.8) is 0 Å². The molecule has 0 bridgehead atoms. The number of nitrogens with zero attached hydrogens (tertiary/aromatic N) is 3.